The summed E-state index contributed by atoms with van der Waals surface area (Å²) in [7, 11) is 0. The van der Waals surface area contributed by atoms with Gasteiger partial charge in [0.05, 0.1) is 10.6 Å². The summed E-state index contributed by atoms with van der Waals surface area (Å²) in [5, 5.41) is 18.1. The van der Waals surface area contributed by atoms with Crippen LogP contribution in [-0.4, -0.2) is 19.9 Å². The Balaban J connectivity index is 1.99. The van der Waals surface area contributed by atoms with E-state index in [4.69, 9.17) is 0 Å². The summed E-state index contributed by atoms with van der Waals surface area (Å²) in [5.41, 5.74) is 2.35. The lowest BCUT2D eigenvalue weighted by Crippen LogP contribution is -2.06. The van der Waals surface area contributed by atoms with Crippen LogP contribution in [0.1, 0.15) is 16.1 Å². The van der Waals surface area contributed by atoms with Gasteiger partial charge in [0, 0.05) is 10.6 Å². The van der Waals surface area contributed by atoms with Crippen molar-refractivity contribution in [2.24, 2.45) is 0 Å². The monoisotopic (exact) mass is 356 g/mol. The maximum Gasteiger partial charge on any atom is 0.353 e. The van der Waals surface area contributed by atoms with Crippen molar-refractivity contribution in [2.75, 3.05) is 10.6 Å². The van der Waals surface area contributed by atoms with E-state index in [0.29, 0.717) is 5.13 Å². The van der Waals surface area contributed by atoms with Crippen LogP contribution < -0.4 is 10.6 Å². The Morgan fingerprint density at radius 2 is 1.76 bits per heavy atom. The average Bonchev–Trinajstić information content (AvgIpc) is 2.87. The number of nitro groups is 1. The molecular formula is C16H16N6O2S. The van der Waals surface area contributed by atoms with Crippen LogP contribution in [0.2, 0.25) is 0 Å². The van der Waals surface area contributed by atoms with Gasteiger partial charge < -0.3 is 10.6 Å². The van der Waals surface area contributed by atoms with Crippen molar-refractivity contribution in [3.05, 3.63) is 56.8 Å². The van der Waals surface area contributed by atoms with E-state index >= 15 is 0 Å². The Kier molecular flexibility index (Phi) is 4.57. The van der Waals surface area contributed by atoms with Gasteiger partial charge in [-0.3, -0.25) is 10.1 Å². The van der Waals surface area contributed by atoms with Crippen LogP contribution in [0.4, 0.5) is 28.1 Å². The lowest BCUT2D eigenvalue weighted by atomic mass is 10.2. The Morgan fingerprint density at radius 3 is 2.36 bits per heavy atom. The van der Waals surface area contributed by atoms with Gasteiger partial charge >= 0.3 is 5.69 Å². The van der Waals surface area contributed by atoms with E-state index in [9.17, 15) is 10.1 Å². The zero-order valence-corrected chi connectivity index (χ0v) is 14.7. The zero-order chi connectivity index (χ0) is 18.0. The van der Waals surface area contributed by atoms with E-state index in [1.165, 1.54) is 17.7 Å². The van der Waals surface area contributed by atoms with Crippen LogP contribution >= 0.6 is 11.3 Å². The minimum Gasteiger partial charge on any atom is -0.334 e. The van der Waals surface area contributed by atoms with Crippen LogP contribution in [0.15, 0.2) is 30.6 Å². The topological polar surface area (TPSA) is 106 Å². The highest BCUT2D eigenvalue weighted by molar-refractivity contribution is 7.15. The normalized spacial score (nSPS) is 10.5. The van der Waals surface area contributed by atoms with Crippen LogP contribution in [0, 0.1) is 30.9 Å². The maximum atomic E-state index is 11.6. The second-order valence-electron chi connectivity index (χ2n) is 5.40. The van der Waals surface area contributed by atoms with Gasteiger partial charge in [0.2, 0.25) is 11.6 Å². The Labute approximate surface area is 148 Å². The fourth-order valence-electron chi connectivity index (χ4n) is 2.20. The molecule has 128 valence electrons. The summed E-state index contributed by atoms with van der Waals surface area (Å²) < 4.78 is 0. The van der Waals surface area contributed by atoms with Gasteiger partial charge in [-0.05, 0) is 32.4 Å². The molecule has 0 aliphatic heterocycles. The van der Waals surface area contributed by atoms with Gasteiger partial charge in [-0.2, -0.15) is 0 Å². The first-order valence-electron chi connectivity index (χ1n) is 7.49. The first-order chi connectivity index (χ1) is 12.0. The molecular weight excluding hydrogens is 340 g/mol. The maximum absolute atomic E-state index is 11.6. The Hall–Kier alpha value is -3.07. The SMILES string of the molecule is Cc1ccccc1Nc1ncnc(Nc2nc(C)c(C)s2)c1[N+](=O)[O-]. The number of aromatic nitrogens is 3. The fourth-order valence-corrected chi connectivity index (χ4v) is 3.02. The molecule has 0 aliphatic carbocycles. The predicted molar refractivity (Wildman–Crippen MR) is 98.0 cm³/mol. The molecule has 2 aromatic heterocycles. The Morgan fingerprint density at radius 1 is 1.08 bits per heavy atom. The quantitative estimate of drug-likeness (QED) is 0.520. The third kappa shape index (κ3) is 3.56. The molecule has 0 bridgehead atoms. The lowest BCUT2D eigenvalue weighted by Gasteiger charge is -2.10. The smallest absolute Gasteiger partial charge is 0.334 e. The molecule has 3 rings (SSSR count). The van der Waals surface area contributed by atoms with Crippen molar-refractivity contribution in [3.63, 3.8) is 0 Å². The van der Waals surface area contributed by atoms with Crippen LogP contribution in [0.25, 0.3) is 0 Å². The highest BCUT2D eigenvalue weighted by atomic mass is 32.1. The fraction of sp³-hybridized carbons (Fsp3) is 0.188. The molecule has 0 unspecified atom stereocenters. The van der Waals surface area contributed by atoms with E-state index in [1.807, 2.05) is 45.0 Å². The van der Waals surface area contributed by atoms with Crippen molar-refractivity contribution < 1.29 is 4.92 Å². The number of hydrogen-bond acceptors (Lipinski definition) is 8. The number of hydrogen-bond donors (Lipinski definition) is 2. The molecule has 0 atom stereocenters. The molecule has 2 heterocycles. The molecule has 0 aliphatic rings. The van der Waals surface area contributed by atoms with Crippen LogP contribution in [-0.2, 0) is 0 Å². The molecule has 1 aromatic carbocycles. The minimum absolute atomic E-state index is 0.102. The number of aryl methyl sites for hydroxylation is 3. The van der Waals surface area contributed by atoms with Crippen molar-refractivity contribution in [1.82, 2.24) is 15.0 Å². The molecule has 2 N–H and O–H groups in total. The number of benzene rings is 1. The minimum atomic E-state index is -0.504. The first kappa shape index (κ1) is 16.8. The van der Waals surface area contributed by atoms with E-state index in [-0.39, 0.29) is 17.3 Å². The summed E-state index contributed by atoms with van der Waals surface area (Å²) in [6, 6.07) is 7.50. The van der Waals surface area contributed by atoms with Gasteiger partial charge in [-0.15, -0.1) is 11.3 Å². The molecule has 25 heavy (non-hydrogen) atoms. The number of rotatable bonds is 5. The number of anilines is 4. The zero-order valence-electron chi connectivity index (χ0n) is 13.9. The number of thiazole rings is 1. The molecule has 0 radical (unpaired) electrons. The second kappa shape index (κ2) is 6.81. The lowest BCUT2D eigenvalue weighted by molar-refractivity contribution is -0.383. The highest BCUT2D eigenvalue weighted by Crippen LogP contribution is 2.34. The summed E-state index contributed by atoms with van der Waals surface area (Å²) in [4.78, 5) is 24.5. The molecule has 0 saturated carbocycles. The van der Waals surface area contributed by atoms with Crippen LogP contribution in [0.5, 0.6) is 0 Å². The third-order valence-corrected chi connectivity index (χ3v) is 4.65. The van der Waals surface area contributed by atoms with Gasteiger partial charge in [-0.1, -0.05) is 18.2 Å². The molecule has 0 saturated heterocycles. The van der Waals surface area contributed by atoms with E-state index in [2.05, 4.69) is 25.6 Å². The van der Waals surface area contributed by atoms with Gasteiger partial charge in [0.15, 0.2) is 5.13 Å². The van der Waals surface area contributed by atoms with E-state index in [1.54, 1.807) is 0 Å². The summed E-state index contributed by atoms with van der Waals surface area (Å²) in [6.45, 7) is 5.74. The van der Waals surface area contributed by atoms with Gasteiger partial charge in [-0.25, -0.2) is 15.0 Å². The van der Waals surface area contributed by atoms with E-state index in [0.717, 1.165) is 21.8 Å². The molecule has 0 amide bonds. The molecule has 0 fully saturated rings. The summed E-state index contributed by atoms with van der Waals surface area (Å²) in [5.74, 6) is 0.228. The number of nitrogens with one attached hydrogen (secondary N) is 2. The van der Waals surface area contributed by atoms with Crippen molar-refractivity contribution in [3.8, 4) is 0 Å². The summed E-state index contributed by atoms with van der Waals surface area (Å²) in [6.07, 6.45) is 1.28. The number of nitrogens with zero attached hydrogens (tertiary/aromatic N) is 4. The number of para-hydroxylation sites is 1. The third-order valence-electron chi connectivity index (χ3n) is 3.66. The largest absolute Gasteiger partial charge is 0.353 e. The molecule has 9 heteroatoms. The Bertz CT molecular complexity index is 921. The standard InChI is InChI=1S/C16H16N6O2S/c1-9-6-4-5-7-12(9)20-14-13(22(23)24)15(18-8-17-14)21-16-19-10(2)11(3)25-16/h4-8H,1-3H3,(H2,17,18,19,20,21). The first-order valence-corrected chi connectivity index (χ1v) is 8.30. The van der Waals surface area contributed by atoms with Crippen molar-refractivity contribution >= 4 is 39.5 Å². The van der Waals surface area contributed by atoms with Crippen molar-refractivity contribution in [2.45, 2.75) is 20.8 Å². The average molecular weight is 356 g/mol. The predicted octanol–water partition coefficient (Wildman–Crippen LogP) is 4.25. The highest BCUT2D eigenvalue weighted by Gasteiger charge is 2.24. The van der Waals surface area contributed by atoms with Gasteiger partial charge in [0.1, 0.15) is 6.33 Å². The summed E-state index contributed by atoms with van der Waals surface area (Å²) >= 11 is 1.42. The molecule has 0 spiro atoms. The van der Waals surface area contributed by atoms with Crippen molar-refractivity contribution in [1.29, 1.82) is 0 Å². The second-order valence-corrected chi connectivity index (χ2v) is 6.61. The molecule has 3 aromatic rings. The van der Waals surface area contributed by atoms with E-state index < -0.39 is 4.92 Å². The molecule has 8 nitrogen and oxygen atoms in total. The van der Waals surface area contributed by atoms with Crippen LogP contribution in [0.3, 0.4) is 0 Å². The van der Waals surface area contributed by atoms with Gasteiger partial charge in [0.25, 0.3) is 0 Å².